The maximum atomic E-state index is 11.7. The number of nitrogens with one attached hydrogen (secondary N) is 3. The fraction of sp³-hybridized carbons (Fsp3) is 0.258. The zero-order valence-corrected chi connectivity index (χ0v) is 25.7. The molecule has 238 valence electrons. The summed E-state index contributed by atoms with van der Waals surface area (Å²) in [6, 6.07) is 19.6. The quantitative estimate of drug-likeness (QED) is 0.115. The van der Waals surface area contributed by atoms with E-state index in [0.29, 0.717) is 11.6 Å². The lowest BCUT2D eigenvalue weighted by Crippen LogP contribution is -2.20. The normalized spacial score (nSPS) is 11.9. The topological polar surface area (TPSA) is 200 Å². The van der Waals surface area contributed by atoms with Gasteiger partial charge < -0.3 is 10.6 Å². The number of benzene rings is 2. The highest BCUT2D eigenvalue weighted by Crippen LogP contribution is 2.28. The molecule has 0 saturated heterocycles. The van der Waals surface area contributed by atoms with Gasteiger partial charge in [0.2, 0.25) is 17.7 Å². The van der Waals surface area contributed by atoms with Crippen LogP contribution in [0.5, 0.6) is 0 Å². The third-order valence-corrected chi connectivity index (χ3v) is 7.06. The Balaban J connectivity index is 0.000000212. The molecular formula is C31H34N10O5. The molecule has 46 heavy (non-hydrogen) atoms. The Morgan fingerprint density at radius 2 is 1.35 bits per heavy atom. The van der Waals surface area contributed by atoms with Crippen molar-refractivity contribution >= 4 is 23.3 Å². The molecule has 0 radical (unpaired) electrons. The number of nitrogens with zero attached hydrogens (tertiary/aromatic N) is 7. The van der Waals surface area contributed by atoms with Crippen molar-refractivity contribution in [2.45, 2.75) is 52.6 Å². The lowest BCUT2D eigenvalue weighted by atomic mass is 10.1. The van der Waals surface area contributed by atoms with Crippen LogP contribution in [-0.2, 0) is 0 Å². The molecule has 2 unspecified atom stereocenters. The smallest absolute Gasteiger partial charge is 0.349 e. The average molecular weight is 627 g/mol. The Labute approximate surface area is 264 Å². The SMILES string of the molecule is CCC(Nc1nc(C)c([N+](=O)[O-])c(-n2ccnc2)n1)c1ccccc1.CCC(Nc1nc(C)c([N+](=O)[O-])c(=O)[nH]1)c1ccccc1. The minimum Gasteiger partial charge on any atom is -0.349 e. The van der Waals surface area contributed by atoms with Crippen LogP contribution in [0.4, 0.5) is 23.3 Å². The molecular weight excluding hydrogens is 592 g/mol. The summed E-state index contributed by atoms with van der Waals surface area (Å²) in [5, 5.41) is 28.6. The number of aromatic nitrogens is 6. The number of anilines is 2. The van der Waals surface area contributed by atoms with Crippen LogP contribution in [0, 0.1) is 34.1 Å². The summed E-state index contributed by atoms with van der Waals surface area (Å²) in [5.74, 6) is 0.779. The Morgan fingerprint density at radius 3 is 1.83 bits per heavy atom. The molecule has 2 aromatic carbocycles. The summed E-state index contributed by atoms with van der Waals surface area (Å²) in [5.41, 5.74) is 1.15. The summed E-state index contributed by atoms with van der Waals surface area (Å²) in [4.78, 5) is 51.8. The number of nitro groups is 2. The molecule has 3 N–H and O–H groups in total. The van der Waals surface area contributed by atoms with Gasteiger partial charge in [0, 0.05) is 12.4 Å². The van der Waals surface area contributed by atoms with E-state index in [-0.39, 0.29) is 35.2 Å². The number of hydrogen-bond acceptors (Lipinski definition) is 11. The van der Waals surface area contributed by atoms with Crippen LogP contribution in [0.25, 0.3) is 5.82 Å². The van der Waals surface area contributed by atoms with Crippen molar-refractivity contribution in [2.24, 2.45) is 0 Å². The minimum absolute atomic E-state index is 0.0118. The maximum Gasteiger partial charge on any atom is 0.354 e. The van der Waals surface area contributed by atoms with Gasteiger partial charge in [-0.25, -0.2) is 15.0 Å². The predicted molar refractivity (Wildman–Crippen MR) is 173 cm³/mol. The highest BCUT2D eigenvalue weighted by molar-refractivity contribution is 5.54. The first-order chi connectivity index (χ1) is 22.1. The fourth-order valence-corrected chi connectivity index (χ4v) is 4.79. The second-order valence-corrected chi connectivity index (χ2v) is 10.2. The molecule has 0 aliphatic heterocycles. The summed E-state index contributed by atoms with van der Waals surface area (Å²) >= 11 is 0. The molecule has 15 nitrogen and oxygen atoms in total. The highest BCUT2D eigenvalue weighted by atomic mass is 16.6. The summed E-state index contributed by atoms with van der Waals surface area (Å²) in [6.07, 6.45) is 6.25. The summed E-state index contributed by atoms with van der Waals surface area (Å²) in [7, 11) is 0. The van der Waals surface area contributed by atoms with E-state index in [0.717, 1.165) is 24.0 Å². The van der Waals surface area contributed by atoms with Crippen molar-refractivity contribution in [1.29, 1.82) is 0 Å². The van der Waals surface area contributed by atoms with Crippen LogP contribution in [0.15, 0.2) is 84.2 Å². The summed E-state index contributed by atoms with van der Waals surface area (Å²) < 4.78 is 1.52. The van der Waals surface area contributed by atoms with E-state index in [1.807, 2.05) is 67.6 Å². The zero-order valence-electron chi connectivity index (χ0n) is 25.7. The molecule has 3 heterocycles. The van der Waals surface area contributed by atoms with E-state index in [9.17, 15) is 25.0 Å². The minimum atomic E-state index is -0.752. The van der Waals surface area contributed by atoms with Crippen molar-refractivity contribution in [3.05, 3.63) is 132 Å². The van der Waals surface area contributed by atoms with Crippen LogP contribution in [0.3, 0.4) is 0 Å². The van der Waals surface area contributed by atoms with E-state index in [2.05, 4.69) is 42.5 Å². The highest BCUT2D eigenvalue weighted by Gasteiger charge is 2.24. The monoisotopic (exact) mass is 626 g/mol. The van der Waals surface area contributed by atoms with Crippen molar-refractivity contribution in [2.75, 3.05) is 10.6 Å². The van der Waals surface area contributed by atoms with Gasteiger partial charge in [0.1, 0.15) is 17.7 Å². The third-order valence-electron chi connectivity index (χ3n) is 7.06. The second-order valence-electron chi connectivity index (χ2n) is 10.2. The van der Waals surface area contributed by atoms with Crippen LogP contribution in [-0.4, -0.2) is 39.3 Å². The molecule has 5 aromatic rings. The van der Waals surface area contributed by atoms with Crippen LogP contribution < -0.4 is 16.2 Å². The van der Waals surface area contributed by atoms with E-state index in [1.165, 1.54) is 17.8 Å². The number of H-pyrrole nitrogens is 1. The van der Waals surface area contributed by atoms with Crippen molar-refractivity contribution in [3.63, 3.8) is 0 Å². The molecule has 0 bridgehead atoms. The zero-order chi connectivity index (χ0) is 33.2. The first kappa shape index (κ1) is 32.9. The standard InChI is InChI=1S/C17H18N6O2.C14H16N4O3/c1-3-14(13-7-5-4-6-8-13)20-17-19-12(2)15(23(24)25)16(21-17)22-10-9-18-11-22;1-3-11(10-7-5-4-6-8-10)16-14-15-9(2)12(18(20)21)13(19)17-14/h4-11,14H,3H2,1-2H3,(H,19,20,21);4-8,11H,3H2,1-2H3,(H2,15,16,17,19). The van der Waals surface area contributed by atoms with Gasteiger partial charge in [0.05, 0.1) is 21.9 Å². The molecule has 3 aromatic heterocycles. The second kappa shape index (κ2) is 15.1. The van der Waals surface area contributed by atoms with Gasteiger partial charge in [-0.15, -0.1) is 0 Å². The first-order valence-corrected chi connectivity index (χ1v) is 14.5. The lowest BCUT2D eigenvalue weighted by molar-refractivity contribution is -0.387. The molecule has 0 amide bonds. The van der Waals surface area contributed by atoms with Crippen molar-refractivity contribution < 1.29 is 9.85 Å². The number of imidazole rings is 1. The van der Waals surface area contributed by atoms with E-state index in [1.54, 1.807) is 19.3 Å². The Kier molecular flexibility index (Phi) is 10.8. The number of rotatable bonds is 11. The largest absolute Gasteiger partial charge is 0.354 e. The van der Waals surface area contributed by atoms with Crippen LogP contribution >= 0.6 is 0 Å². The molecule has 0 saturated carbocycles. The van der Waals surface area contributed by atoms with Gasteiger partial charge in [-0.3, -0.25) is 34.6 Å². The predicted octanol–water partition coefficient (Wildman–Crippen LogP) is 5.99. The Hall–Kier alpha value is -5.99. The molecule has 0 fully saturated rings. The molecule has 0 aliphatic rings. The maximum absolute atomic E-state index is 11.7. The van der Waals surface area contributed by atoms with Gasteiger partial charge in [0.15, 0.2) is 0 Å². The number of aromatic amines is 1. The van der Waals surface area contributed by atoms with Gasteiger partial charge in [-0.2, -0.15) is 4.98 Å². The van der Waals surface area contributed by atoms with Crippen LogP contribution in [0.1, 0.15) is 61.3 Å². The van der Waals surface area contributed by atoms with Crippen LogP contribution in [0.2, 0.25) is 0 Å². The fourth-order valence-electron chi connectivity index (χ4n) is 4.79. The van der Waals surface area contributed by atoms with Crippen molar-refractivity contribution in [3.8, 4) is 5.82 Å². The third kappa shape index (κ3) is 7.93. The molecule has 0 aliphatic carbocycles. The van der Waals surface area contributed by atoms with Gasteiger partial charge in [-0.05, 0) is 37.8 Å². The molecule has 0 spiro atoms. The number of aryl methyl sites for hydroxylation is 2. The van der Waals surface area contributed by atoms with E-state index < -0.39 is 21.1 Å². The molecule has 5 rings (SSSR count). The first-order valence-electron chi connectivity index (χ1n) is 14.5. The van der Waals surface area contributed by atoms with Gasteiger partial charge >= 0.3 is 16.9 Å². The van der Waals surface area contributed by atoms with Crippen molar-refractivity contribution in [1.82, 2.24) is 29.5 Å². The number of hydrogen-bond donors (Lipinski definition) is 3. The lowest BCUT2D eigenvalue weighted by Gasteiger charge is -2.18. The average Bonchev–Trinajstić information content (AvgIpc) is 3.58. The molecule has 2 atom stereocenters. The van der Waals surface area contributed by atoms with Gasteiger partial charge in [0.25, 0.3) is 0 Å². The van der Waals surface area contributed by atoms with Gasteiger partial charge in [-0.1, -0.05) is 74.5 Å². The van der Waals surface area contributed by atoms with E-state index in [4.69, 9.17) is 0 Å². The Bertz CT molecular complexity index is 1830. The van der Waals surface area contributed by atoms with E-state index >= 15 is 0 Å². The summed E-state index contributed by atoms with van der Waals surface area (Å²) in [6.45, 7) is 7.11. The Morgan fingerprint density at radius 1 is 0.804 bits per heavy atom. The molecule has 15 heteroatoms.